The lowest BCUT2D eigenvalue weighted by molar-refractivity contribution is 0.0270. The van der Waals surface area contributed by atoms with Crippen LogP contribution in [0.25, 0.3) is 5.57 Å². The Kier molecular flexibility index (Phi) is 6.16. The zero-order chi connectivity index (χ0) is 20.3. The Morgan fingerprint density at radius 3 is 2.64 bits per heavy atom. The third kappa shape index (κ3) is 4.97. The van der Waals surface area contributed by atoms with Gasteiger partial charge in [0.1, 0.15) is 16.4 Å². The van der Waals surface area contributed by atoms with E-state index in [4.69, 9.17) is 32.7 Å². The topological polar surface area (TPSA) is 51.7 Å². The van der Waals surface area contributed by atoms with Gasteiger partial charge in [-0.1, -0.05) is 35.3 Å². The van der Waals surface area contributed by atoms with Gasteiger partial charge in [-0.05, 0) is 57.0 Å². The van der Waals surface area contributed by atoms with Gasteiger partial charge in [-0.2, -0.15) is 0 Å². The number of hydrogen-bond donors (Lipinski definition) is 0. The molecule has 1 amide bonds. The molecule has 2 aromatic rings. The van der Waals surface area contributed by atoms with E-state index in [1.165, 1.54) is 0 Å². The molecule has 2 heterocycles. The molecule has 148 valence electrons. The Bertz CT molecular complexity index is 907. The zero-order valence-corrected chi connectivity index (χ0v) is 17.5. The standard InChI is InChI=1S/C21H22Cl2N2O3/c1-21(2,3)28-20(26)25-12-9-14(10-13-25)15-6-5-11-24-19(15)27-17-8-4-7-16(22)18(17)23/h4-9,11H,10,12-13H2,1-3H3. The van der Waals surface area contributed by atoms with Crippen LogP contribution < -0.4 is 4.74 Å². The third-order valence-electron chi connectivity index (χ3n) is 4.10. The normalized spacial score (nSPS) is 14.5. The quantitative estimate of drug-likeness (QED) is 0.592. The van der Waals surface area contributed by atoms with Crippen LogP contribution in [0.4, 0.5) is 4.79 Å². The summed E-state index contributed by atoms with van der Waals surface area (Å²) in [7, 11) is 0. The van der Waals surface area contributed by atoms with E-state index in [-0.39, 0.29) is 6.09 Å². The van der Waals surface area contributed by atoms with Gasteiger partial charge in [-0.25, -0.2) is 9.78 Å². The largest absolute Gasteiger partial charge is 0.444 e. The Labute approximate surface area is 174 Å². The lowest BCUT2D eigenvalue weighted by atomic mass is 10.0. The van der Waals surface area contributed by atoms with E-state index >= 15 is 0 Å². The highest BCUT2D eigenvalue weighted by Gasteiger charge is 2.25. The minimum atomic E-state index is -0.512. The summed E-state index contributed by atoms with van der Waals surface area (Å²) in [6.45, 7) is 6.60. The fraction of sp³-hybridized carbons (Fsp3) is 0.333. The maximum Gasteiger partial charge on any atom is 0.410 e. The number of carbonyl (C=O) groups excluding carboxylic acids is 1. The minimum Gasteiger partial charge on any atom is -0.444 e. The lowest BCUT2D eigenvalue weighted by Gasteiger charge is -2.29. The van der Waals surface area contributed by atoms with Crippen LogP contribution in [0.2, 0.25) is 10.0 Å². The fourth-order valence-electron chi connectivity index (χ4n) is 2.79. The van der Waals surface area contributed by atoms with Crippen molar-refractivity contribution in [2.24, 2.45) is 0 Å². The second-order valence-corrected chi connectivity index (χ2v) is 8.20. The maximum absolute atomic E-state index is 12.2. The van der Waals surface area contributed by atoms with Crippen molar-refractivity contribution >= 4 is 34.9 Å². The van der Waals surface area contributed by atoms with Crippen LogP contribution >= 0.6 is 23.2 Å². The van der Waals surface area contributed by atoms with Crippen LogP contribution in [0.3, 0.4) is 0 Å². The first-order chi connectivity index (χ1) is 13.2. The first-order valence-corrected chi connectivity index (χ1v) is 9.74. The highest BCUT2D eigenvalue weighted by Crippen LogP contribution is 2.37. The smallest absolute Gasteiger partial charge is 0.410 e. The molecule has 1 aliphatic rings. The SMILES string of the molecule is CC(C)(C)OC(=O)N1CC=C(c2cccnc2Oc2cccc(Cl)c2Cl)CC1. The summed E-state index contributed by atoms with van der Waals surface area (Å²) in [6, 6.07) is 9.00. The van der Waals surface area contributed by atoms with E-state index in [1.54, 1.807) is 29.3 Å². The molecule has 0 N–H and O–H groups in total. The molecule has 0 atom stereocenters. The van der Waals surface area contributed by atoms with E-state index < -0.39 is 5.60 Å². The summed E-state index contributed by atoms with van der Waals surface area (Å²) >= 11 is 12.3. The fourth-order valence-corrected chi connectivity index (χ4v) is 3.12. The Morgan fingerprint density at radius 2 is 1.96 bits per heavy atom. The molecular weight excluding hydrogens is 399 g/mol. The first kappa shape index (κ1) is 20.5. The predicted molar refractivity (Wildman–Crippen MR) is 111 cm³/mol. The summed E-state index contributed by atoms with van der Waals surface area (Å²) < 4.78 is 11.4. The van der Waals surface area contributed by atoms with Crippen molar-refractivity contribution in [3.63, 3.8) is 0 Å². The first-order valence-electron chi connectivity index (χ1n) is 8.99. The monoisotopic (exact) mass is 420 g/mol. The highest BCUT2D eigenvalue weighted by molar-refractivity contribution is 6.42. The number of halogens is 2. The van der Waals surface area contributed by atoms with Gasteiger partial charge in [-0.3, -0.25) is 0 Å². The number of carbonyl (C=O) groups is 1. The number of nitrogens with zero attached hydrogens (tertiary/aromatic N) is 2. The van der Waals surface area contributed by atoms with Crippen molar-refractivity contribution < 1.29 is 14.3 Å². The van der Waals surface area contributed by atoms with Crippen LogP contribution in [-0.2, 0) is 4.74 Å². The Morgan fingerprint density at radius 1 is 1.18 bits per heavy atom. The highest BCUT2D eigenvalue weighted by atomic mass is 35.5. The van der Waals surface area contributed by atoms with Crippen molar-refractivity contribution in [3.8, 4) is 11.6 Å². The average molecular weight is 421 g/mol. The van der Waals surface area contributed by atoms with Crippen LogP contribution in [-0.4, -0.2) is 34.7 Å². The second-order valence-electron chi connectivity index (χ2n) is 7.42. The number of hydrogen-bond acceptors (Lipinski definition) is 4. The molecule has 0 saturated heterocycles. The molecule has 0 spiro atoms. The van der Waals surface area contributed by atoms with E-state index in [2.05, 4.69) is 4.98 Å². The summed E-state index contributed by atoms with van der Waals surface area (Å²) in [5.41, 5.74) is 1.41. The number of ether oxygens (including phenoxy) is 2. The molecule has 1 aliphatic heterocycles. The van der Waals surface area contributed by atoms with Gasteiger partial charge >= 0.3 is 6.09 Å². The average Bonchev–Trinajstić information content (AvgIpc) is 2.65. The van der Waals surface area contributed by atoms with E-state index in [0.29, 0.717) is 41.2 Å². The molecule has 1 aromatic carbocycles. The number of pyridine rings is 1. The van der Waals surface area contributed by atoms with E-state index in [1.807, 2.05) is 39.0 Å². The Balaban J connectivity index is 1.78. The van der Waals surface area contributed by atoms with Crippen molar-refractivity contribution in [3.05, 3.63) is 58.2 Å². The third-order valence-corrected chi connectivity index (χ3v) is 4.90. The number of benzene rings is 1. The maximum atomic E-state index is 12.2. The zero-order valence-electron chi connectivity index (χ0n) is 16.0. The number of rotatable bonds is 3. The molecule has 0 unspecified atom stereocenters. The van der Waals surface area contributed by atoms with Crippen molar-refractivity contribution in [1.29, 1.82) is 0 Å². The van der Waals surface area contributed by atoms with Gasteiger partial charge in [0.25, 0.3) is 0 Å². The number of aromatic nitrogens is 1. The van der Waals surface area contributed by atoms with Crippen molar-refractivity contribution in [2.45, 2.75) is 32.8 Å². The molecule has 0 aliphatic carbocycles. The molecule has 1 aromatic heterocycles. The molecule has 28 heavy (non-hydrogen) atoms. The Hall–Kier alpha value is -2.24. The molecule has 5 nitrogen and oxygen atoms in total. The van der Waals surface area contributed by atoms with E-state index in [0.717, 1.165) is 11.1 Å². The van der Waals surface area contributed by atoms with Gasteiger partial charge < -0.3 is 14.4 Å². The second kappa shape index (κ2) is 8.41. The van der Waals surface area contributed by atoms with Crippen molar-refractivity contribution in [2.75, 3.05) is 13.1 Å². The molecule has 3 rings (SSSR count). The molecule has 0 fully saturated rings. The van der Waals surface area contributed by atoms with E-state index in [9.17, 15) is 4.79 Å². The molecular formula is C21H22Cl2N2O3. The predicted octanol–water partition coefficient (Wildman–Crippen LogP) is 6.20. The van der Waals surface area contributed by atoms with Crippen molar-refractivity contribution in [1.82, 2.24) is 9.88 Å². The van der Waals surface area contributed by atoms with Crippen LogP contribution in [0.1, 0.15) is 32.8 Å². The summed E-state index contributed by atoms with van der Waals surface area (Å²) in [5.74, 6) is 0.893. The van der Waals surface area contributed by atoms with Gasteiger partial charge in [0.05, 0.1) is 5.02 Å². The van der Waals surface area contributed by atoms with Gasteiger partial charge in [-0.15, -0.1) is 0 Å². The van der Waals surface area contributed by atoms with Crippen LogP contribution in [0.5, 0.6) is 11.6 Å². The van der Waals surface area contributed by atoms with Crippen LogP contribution in [0.15, 0.2) is 42.6 Å². The van der Waals surface area contributed by atoms with Gasteiger partial charge in [0.2, 0.25) is 5.88 Å². The lowest BCUT2D eigenvalue weighted by Crippen LogP contribution is -2.39. The van der Waals surface area contributed by atoms with Crippen LogP contribution in [0, 0.1) is 0 Å². The molecule has 7 heteroatoms. The molecule has 0 radical (unpaired) electrons. The summed E-state index contributed by atoms with van der Waals surface area (Å²) in [4.78, 5) is 18.3. The number of amides is 1. The molecule has 0 saturated carbocycles. The van der Waals surface area contributed by atoms with Gasteiger partial charge in [0, 0.05) is 24.8 Å². The molecule has 0 bridgehead atoms. The summed E-state index contributed by atoms with van der Waals surface area (Å²) in [5, 5.41) is 0.760. The summed E-state index contributed by atoms with van der Waals surface area (Å²) in [6.07, 6.45) is 4.02. The van der Waals surface area contributed by atoms with Gasteiger partial charge in [0.15, 0.2) is 0 Å². The minimum absolute atomic E-state index is 0.309.